The minimum absolute atomic E-state index is 0.0376. The minimum Gasteiger partial charge on any atom is -0.382 e. The van der Waals surface area contributed by atoms with Gasteiger partial charge in [0.1, 0.15) is 0 Å². The molecule has 3 rings (SSSR count). The number of carbonyl (C=O) groups is 1. The van der Waals surface area contributed by atoms with Crippen molar-refractivity contribution in [3.8, 4) is 0 Å². The van der Waals surface area contributed by atoms with Crippen molar-refractivity contribution in [2.45, 2.75) is 6.42 Å². The van der Waals surface area contributed by atoms with E-state index in [0.29, 0.717) is 18.9 Å². The van der Waals surface area contributed by atoms with Gasteiger partial charge in [0.25, 0.3) is 0 Å². The van der Waals surface area contributed by atoms with Gasteiger partial charge in [0.05, 0.1) is 30.3 Å². The Balaban J connectivity index is 1.56. The normalized spacial score (nSPS) is 14.1. The van der Waals surface area contributed by atoms with Crippen LogP contribution < -0.4 is 15.5 Å². The van der Waals surface area contributed by atoms with Crippen molar-refractivity contribution in [1.82, 2.24) is 0 Å². The molecular formula is C19H20F3N3O2. The third-order valence-electron chi connectivity index (χ3n) is 4.23. The van der Waals surface area contributed by atoms with E-state index in [-0.39, 0.29) is 24.6 Å². The molecule has 0 aliphatic carbocycles. The number of morpholine rings is 1. The number of nitrogens with zero attached hydrogens (tertiary/aromatic N) is 1. The quantitative estimate of drug-likeness (QED) is 0.756. The Kier molecular flexibility index (Phi) is 6.18. The first kappa shape index (κ1) is 19.0. The number of halogens is 3. The molecule has 0 unspecified atom stereocenters. The van der Waals surface area contributed by atoms with E-state index >= 15 is 0 Å². The van der Waals surface area contributed by atoms with Gasteiger partial charge in [-0.2, -0.15) is 0 Å². The zero-order chi connectivity index (χ0) is 19.2. The smallest absolute Gasteiger partial charge is 0.226 e. The van der Waals surface area contributed by atoms with Gasteiger partial charge in [-0.15, -0.1) is 0 Å². The van der Waals surface area contributed by atoms with Crippen molar-refractivity contribution >= 4 is 23.0 Å². The molecule has 1 fully saturated rings. The molecule has 1 heterocycles. The topological polar surface area (TPSA) is 53.6 Å². The third-order valence-corrected chi connectivity index (χ3v) is 4.23. The molecule has 0 aromatic heterocycles. The molecule has 27 heavy (non-hydrogen) atoms. The molecule has 144 valence electrons. The molecule has 1 aliphatic heterocycles. The zero-order valence-electron chi connectivity index (χ0n) is 14.6. The second-order valence-corrected chi connectivity index (χ2v) is 6.06. The average Bonchev–Trinajstić information content (AvgIpc) is 2.69. The summed E-state index contributed by atoms with van der Waals surface area (Å²) in [5, 5.41) is 5.45. The van der Waals surface area contributed by atoms with Crippen LogP contribution in [0.1, 0.15) is 6.42 Å². The van der Waals surface area contributed by atoms with E-state index < -0.39 is 17.5 Å². The van der Waals surface area contributed by atoms with Crippen molar-refractivity contribution in [3.05, 3.63) is 53.8 Å². The molecule has 0 bridgehead atoms. The molecule has 2 aromatic carbocycles. The Bertz CT molecular complexity index is 811. The number of amides is 1. The van der Waals surface area contributed by atoms with E-state index in [0.717, 1.165) is 30.9 Å². The molecular weight excluding hydrogens is 359 g/mol. The van der Waals surface area contributed by atoms with E-state index in [9.17, 15) is 18.0 Å². The summed E-state index contributed by atoms with van der Waals surface area (Å²) in [6.45, 7) is 2.82. The van der Waals surface area contributed by atoms with Crippen LogP contribution in [-0.2, 0) is 9.53 Å². The van der Waals surface area contributed by atoms with Crippen LogP contribution in [0.2, 0.25) is 0 Å². The number of carbonyl (C=O) groups excluding carboxylic acids is 1. The fraction of sp³-hybridized carbons (Fsp3) is 0.316. The van der Waals surface area contributed by atoms with Gasteiger partial charge < -0.3 is 20.3 Å². The van der Waals surface area contributed by atoms with Crippen molar-refractivity contribution in [3.63, 3.8) is 0 Å². The maximum atomic E-state index is 13.6. The Hall–Kier alpha value is -2.74. The highest BCUT2D eigenvalue weighted by molar-refractivity contribution is 5.94. The predicted octanol–water partition coefficient (Wildman–Crippen LogP) is 3.38. The van der Waals surface area contributed by atoms with Gasteiger partial charge in [0.2, 0.25) is 5.91 Å². The van der Waals surface area contributed by atoms with E-state index in [1.165, 1.54) is 0 Å². The summed E-state index contributed by atoms with van der Waals surface area (Å²) in [5.74, 6) is -4.36. The van der Waals surface area contributed by atoms with Crippen LogP contribution >= 0.6 is 0 Å². The standard InChI is InChI=1S/C19H20F3N3O2/c20-13-5-6-15(19(22)18(13)21)23-8-7-17(26)24-14-3-1-2-4-16(14)25-9-11-27-12-10-25/h1-6,23H,7-12H2,(H,24,26). The molecule has 5 nitrogen and oxygen atoms in total. The Morgan fingerprint density at radius 3 is 2.52 bits per heavy atom. The second-order valence-electron chi connectivity index (χ2n) is 6.06. The van der Waals surface area contributed by atoms with E-state index in [4.69, 9.17) is 4.74 Å². The summed E-state index contributed by atoms with van der Waals surface area (Å²) in [6, 6.07) is 9.39. The number of nitrogens with one attached hydrogen (secondary N) is 2. The van der Waals surface area contributed by atoms with Crippen molar-refractivity contribution in [2.75, 3.05) is 48.4 Å². The molecule has 1 saturated heterocycles. The number of rotatable bonds is 6. The maximum Gasteiger partial charge on any atom is 0.226 e. The van der Waals surface area contributed by atoms with Crippen LogP contribution in [0.15, 0.2) is 36.4 Å². The molecule has 2 aromatic rings. The SMILES string of the molecule is O=C(CCNc1ccc(F)c(F)c1F)Nc1ccccc1N1CCOCC1. The fourth-order valence-corrected chi connectivity index (χ4v) is 2.85. The highest BCUT2D eigenvalue weighted by Gasteiger charge is 2.16. The number of hydrogen-bond acceptors (Lipinski definition) is 4. The zero-order valence-corrected chi connectivity index (χ0v) is 14.6. The van der Waals surface area contributed by atoms with Crippen LogP contribution in [0.25, 0.3) is 0 Å². The highest BCUT2D eigenvalue weighted by atomic mass is 19.2. The third kappa shape index (κ3) is 4.71. The molecule has 0 saturated carbocycles. The van der Waals surface area contributed by atoms with Gasteiger partial charge in [-0.05, 0) is 24.3 Å². The second kappa shape index (κ2) is 8.77. The maximum absolute atomic E-state index is 13.6. The van der Waals surface area contributed by atoms with Crippen LogP contribution in [0, 0.1) is 17.5 Å². The van der Waals surface area contributed by atoms with Crippen LogP contribution in [0.4, 0.5) is 30.2 Å². The monoisotopic (exact) mass is 379 g/mol. The summed E-state index contributed by atoms with van der Waals surface area (Å²) in [6.07, 6.45) is 0.0376. The molecule has 1 aliphatic rings. The fourth-order valence-electron chi connectivity index (χ4n) is 2.85. The highest BCUT2D eigenvalue weighted by Crippen LogP contribution is 2.26. The lowest BCUT2D eigenvalue weighted by molar-refractivity contribution is -0.115. The number of benzene rings is 2. The number of para-hydroxylation sites is 2. The van der Waals surface area contributed by atoms with E-state index in [1.54, 1.807) is 0 Å². The summed E-state index contributed by atoms with van der Waals surface area (Å²) in [4.78, 5) is 14.4. The van der Waals surface area contributed by atoms with Gasteiger partial charge in [-0.25, -0.2) is 13.2 Å². The lowest BCUT2D eigenvalue weighted by atomic mass is 10.2. The van der Waals surface area contributed by atoms with E-state index in [2.05, 4.69) is 15.5 Å². The first-order valence-electron chi connectivity index (χ1n) is 8.65. The largest absolute Gasteiger partial charge is 0.382 e. The summed E-state index contributed by atoms with van der Waals surface area (Å²) in [5.41, 5.74) is 1.41. The molecule has 1 amide bonds. The lowest BCUT2D eigenvalue weighted by Gasteiger charge is -2.30. The first-order chi connectivity index (χ1) is 13.1. The summed E-state index contributed by atoms with van der Waals surface area (Å²) < 4.78 is 45.1. The predicted molar refractivity (Wildman–Crippen MR) is 97.5 cm³/mol. The minimum atomic E-state index is -1.54. The van der Waals surface area contributed by atoms with E-state index in [1.807, 2.05) is 24.3 Å². The van der Waals surface area contributed by atoms with Crippen LogP contribution in [0.5, 0.6) is 0 Å². The average molecular weight is 379 g/mol. The summed E-state index contributed by atoms with van der Waals surface area (Å²) in [7, 11) is 0. The van der Waals surface area contributed by atoms with Gasteiger partial charge in [0.15, 0.2) is 17.5 Å². The number of hydrogen-bond donors (Lipinski definition) is 2. The van der Waals surface area contributed by atoms with Gasteiger partial charge in [0, 0.05) is 26.1 Å². The van der Waals surface area contributed by atoms with Crippen molar-refractivity contribution < 1.29 is 22.7 Å². The van der Waals surface area contributed by atoms with Gasteiger partial charge in [-0.3, -0.25) is 4.79 Å². The van der Waals surface area contributed by atoms with Crippen molar-refractivity contribution in [1.29, 1.82) is 0 Å². The molecule has 8 heteroatoms. The molecule has 0 spiro atoms. The number of ether oxygens (including phenoxy) is 1. The van der Waals surface area contributed by atoms with Crippen LogP contribution in [0.3, 0.4) is 0 Å². The van der Waals surface area contributed by atoms with Gasteiger partial charge in [-0.1, -0.05) is 12.1 Å². The molecule has 0 atom stereocenters. The number of anilines is 3. The Labute approximate surface area is 155 Å². The van der Waals surface area contributed by atoms with Crippen LogP contribution in [-0.4, -0.2) is 38.8 Å². The molecule has 0 radical (unpaired) electrons. The lowest BCUT2D eigenvalue weighted by Crippen LogP contribution is -2.36. The van der Waals surface area contributed by atoms with Gasteiger partial charge >= 0.3 is 0 Å². The molecule has 2 N–H and O–H groups in total. The Morgan fingerprint density at radius 1 is 1.00 bits per heavy atom. The van der Waals surface area contributed by atoms with Crippen molar-refractivity contribution in [2.24, 2.45) is 0 Å². The summed E-state index contributed by atoms with van der Waals surface area (Å²) >= 11 is 0. The Morgan fingerprint density at radius 2 is 1.74 bits per heavy atom. The first-order valence-corrected chi connectivity index (χ1v) is 8.65.